The number of aliphatic hydroxyl groups is 1. The van der Waals surface area contributed by atoms with Crippen LogP contribution in [0.2, 0.25) is 0 Å². The van der Waals surface area contributed by atoms with E-state index in [-0.39, 0.29) is 18.6 Å². The summed E-state index contributed by atoms with van der Waals surface area (Å²) in [4.78, 5) is 11.9. The molecular formula is C24H47NO2. The molecule has 0 aromatic carbocycles. The molecule has 0 fully saturated rings. The Balaban J connectivity index is 3.39. The van der Waals surface area contributed by atoms with Crippen LogP contribution in [-0.4, -0.2) is 23.7 Å². The predicted molar refractivity (Wildman–Crippen MR) is 118 cm³/mol. The van der Waals surface area contributed by atoms with Crippen molar-refractivity contribution in [3.05, 3.63) is 12.2 Å². The van der Waals surface area contributed by atoms with Gasteiger partial charge in [0.25, 0.3) is 0 Å². The molecule has 1 amide bonds. The number of rotatable bonds is 19. The van der Waals surface area contributed by atoms with Gasteiger partial charge in [-0.05, 0) is 44.4 Å². The van der Waals surface area contributed by atoms with Crippen LogP contribution in [0.25, 0.3) is 0 Å². The van der Waals surface area contributed by atoms with E-state index < -0.39 is 0 Å². The number of hydrogen-bond donors (Lipinski definition) is 2. The maximum atomic E-state index is 11.9. The lowest BCUT2D eigenvalue weighted by molar-refractivity contribution is -0.122. The summed E-state index contributed by atoms with van der Waals surface area (Å²) in [5, 5.41) is 12.3. The Morgan fingerprint density at radius 2 is 1.37 bits per heavy atom. The monoisotopic (exact) mass is 381 g/mol. The van der Waals surface area contributed by atoms with Gasteiger partial charge in [-0.25, -0.2) is 0 Å². The topological polar surface area (TPSA) is 49.3 Å². The number of unbranched alkanes of at least 4 members (excludes halogenated alkanes) is 11. The lowest BCUT2D eigenvalue weighted by Crippen LogP contribution is -2.38. The fourth-order valence-corrected chi connectivity index (χ4v) is 3.40. The van der Waals surface area contributed by atoms with E-state index in [9.17, 15) is 9.90 Å². The molecule has 0 saturated heterocycles. The maximum absolute atomic E-state index is 11.9. The van der Waals surface area contributed by atoms with E-state index in [0.717, 1.165) is 19.3 Å². The highest BCUT2D eigenvalue weighted by Crippen LogP contribution is 2.10. The van der Waals surface area contributed by atoms with Crippen LogP contribution in [0.4, 0.5) is 0 Å². The molecule has 0 heterocycles. The van der Waals surface area contributed by atoms with Crippen LogP contribution in [0.15, 0.2) is 12.2 Å². The summed E-state index contributed by atoms with van der Waals surface area (Å²) in [5.41, 5.74) is 0. The smallest absolute Gasteiger partial charge is 0.220 e. The SMILES string of the molecule is CCCCCCCC/C=C\CCCCCCCC(=O)N[C@@H](CO)CC(C)C. The van der Waals surface area contributed by atoms with E-state index >= 15 is 0 Å². The van der Waals surface area contributed by atoms with Crippen LogP contribution < -0.4 is 5.32 Å². The van der Waals surface area contributed by atoms with E-state index in [1.807, 2.05) is 0 Å². The Kier molecular flexibility index (Phi) is 19.3. The van der Waals surface area contributed by atoms with Crippen LogP contribution in [-0.2, 0) is 4.79 Å². The van der Waals surface area contributed by atoms with Crippen molar-refractivity contribution in [2.75, 3.05) is 6.61 Å². The van der Waals surface area contributed by atoms with Crippen molar-refractivity contribution < 1.29 is 9.90 Å². The number of carbonyl (C=O) groups is 1. The van der Waals surface area contributed by atoms with Gasteiger partial charge in [0.1, 0.15) is 0 Å². The normalized spacial score (nSPS) is 12.8. The molecule has 0 aliphatic rings. The van der Waals surface area contributed by atoms with Gasteiger partial charge >= 0.3 is 0 Å². The van der Waals surface area contributed by atoms with Crippen molar-refractivity contribution in [1.82, 2.24) is 5.32 Å². The first-order chi connectivity index (χ1) is 13.1. The molecule has 27 heavy (non-hydrogen) atoms. The standard InChI is InChI=1S/C24H47NO2/c1-4-5-6-7-8-9-10-11-12-13-14-15-16-17-18-19-24(27)25-23(21-26)20-22(2)3/h11-12,22-23,26H,4-10,13-21H2,1-3H3,(H,25,27)/b12-11-/t23-/m1/s1. The molecular weight excluding hydrogens is 334 g/mol. The Hall–Kier alpha value is -0.830. The Morgan fingerprint density at radius 1 is 0.852 bits per heavy atom. The zero-order valence-corrected chi connectivity index (χ0v) is 18.5. The Bertz CT molecular complexity index is 352. The van der Waals surface area contributed by atoms with E-state index in [4.69, 9.17) is 0 Å². The highest BCUT2D eigenvalue weighted by Gasteiger charge is 2.12. The third kappa shape index (κ3) is 19.7. The minimum atomic E-state index is -0.0828. The fraction of sp³-hybridized carbons (Fsp3) is 0.875. The second-order valence-electron chi connectivity index (χ2n) is 8.41. The summed E-state index contributed by atoms with van der Waals surface area (Å²) < 4.78 is 0. The number of amides is 1. The van der Waals surface area contributed by atoms with Gasteiger partial charge in [-0.1, -0.05) is 84.3 Å². The molecule has 0 bridgehead atoms. The zero-order chi connectivity index (χ0) is 20.2. The van der Waals surface area contributed by atoms with Crippen molar-refractivity contribution in [1.29, 1.82) is 0 Å². The first kappa shape index (κ1) is 26.2. The van der Waals surface area contributed by atoms with Crippen LogP contribution in [0.5, 0.6) is 0 Å². The number of aliphatic hydroxyl groups excluding tert-OH is 1. The second-order valence-corrected chi connectivity index (χ2v) is 8.41. The maximum Gasteiger partial charge on any atom is 0.220 e. The average molecular weight is 382 g/mol. The third-order valence-corrected chi connectivity index (χ3v) is 5.01. The van der Waals surface area contributed by atoms with Crippen molar-refractivity contribution >= 4 is 5.91 Å². The molecule has 0 rings (SSSR count). The predicted octanol–water partition coefficient (Wildman–Crippen LogP) is 6.55. The van der Waals surface area contributed by atoms with Crippen LogP contribution >= 0.6 is 0 Å². The van der Waals surface area contributed by atoms with Crippen LogP contribution in [0.3, 0.4) is 0 Å². The molecule has 2 N–H and O–H groups in total. The quantitative estimate of drug-likeness (QED) is 0.197. The van der Waals surface area contributed by atoms with Crippen LogP contribution in [0, 0.1) is 5.92 Å². The molecule has 0 radical (unpaired) electrons. The summed E-state index contributed by atoms with van der Waals surface area (Å²) in [7, 11) is 0. The molecule has 0 saturated carbocycles. The van der Waals surface area contributed by atoms with E-state index in [1.54, 1.807) is 0 Å². The van der Waals surface area contributed by atoms with Crippen molar-refractivity contribution in [2.24, 2.45) is 5.92 Å². The minimum absolute atomic E-state index is 0.0380. The Labute approximate surface area is 169 Å². The minimum Gasteiger partial charge on any atom is -0.394 e. The highest BCUT2D eigenvalue weighted by molar-refractivity contribution is 5.76. The number of nitrogens with one attached hydrogen (secondary N) is 1. The van der Waals surface area contributed by atoms with Gasteiger partial charge in [0, 0.05) is 6.42 Å². The van der Waals surface area contributed by atoms with Gasteiger partial charge in [0.2, 0.25) is 5.91 Å². The van der Waals surface area contributed by atoms with Gasteiger partial charge in [-0.2, -0.15) is 0 Å². The van der Waals surface area contributed by atoms with Crippen molar-refractivity contribution in [3.63, 3.8) is 0 Å². The van der Waals surface area contributed by atoms with Gasteiger partial charge < -0.3 is 10.4 Å². The molecule has 0 aliphatic carbocycles. The molecule has 0 unspecified atom stereocenters. The third-order valence-electron chi connectivity index (χ3n) is 5.01. The van der Waals surface area contributed by atoms with Crippen molar-refractivity contribution in [3.8, 4) is 0 Å². The highest BCUT2D eigenvalue weighted by atomic mass is 16.3. The average Bonchev–Trinajstić information content (AvgIpc) is 2.64. The summed E-state index contributed by atoms with van der Waals surface area (Å²) in [5.74, 6) is 0.578. The van der Waals surface area contributed by atoms with Crippen LogP contribution in [0.1, 0.15) is 117 Å². The molecule has 3 nitrogen and oxygen atoms in total. The van der Waals surface area contributed by atoms with Gasteiger partial charge in [0.05, 0.1) is 12.6 Å². The summed E-state index contributed by atoms with van der Waals surface area (Å²) in [6.45, 7) is 6.52. The summed E-state index contributed by atoms with van der Waals surface area (Å²) >= 11 is 0. The largest absolute Gasteiger partial charge is 0.394 e. The number of carbonyl (C=O) groups excluding carboxylic acids is 1. The van der Waals surface area contributed by atoms with E-state index in [0.29, 0.717) is 12.3 Å². The van der Waals surface area contributed by atoms with Gasteiger partial charge in [-0.15, -0.1) is 0 Å². The molecule has 160 valence electrons. The van der Waals surface area contributed by atoms with E-state index in [1.165, 1.54) is 70.6 Å². The zero-order valence-electron chi connectivity index (χ0n) is 18.5. The first-order valence-corrected chi connectivity index (χ1v) is 11.6. The summed E-state index contributed by atoms with van der Waals surface area (Å²) in [6.07, 6.45) is 22.7. The summed E-state index contributed by atoms with van der Waals surface area (Å²) in [6, 6.07) is -0.0828. The van der Waals surface area contributed by atoms with Gasteiger partial charge in [0.15, 0.2) is 0 Å². The number of hydrogen-bond acceptors (Lipinski definition) is 2. The molecule has 0 aliphatic heterocycles. The first-order valence-electron chi connectivity index (χ1n) is 11.6. The lowest BCUT2D eigenvalue weighted by Gasteiger charge is -2.18. The molecule has 3 heteroatoms. The molecule has 0 aromatic heterocycles. The molecule has 0 aromatic rings. The fourth-order valence-electron chi connectivity index (χ4n) is 3.40. The Morgan fingerprint density at radius 3 is 1.89 bits per heavy atom. The lowest BCUT2D eigenvalue weighted by atomic mass is 10.0. The van der Waals surface area contributed by atoms with Crippen molar-refractivity contribution in [2.45, 2.75) is 123 Å². The number of allylic oxidation sites excluding steroid dienone is 2. The molecule has 0 spiro atoms. The van der Waals surface area contributed by atoms with Gasteiger partial charge in [-0.3, -0.25) is 4.79 Å². The van der Waals surface area contributed by atoms with E-state index in [2.05, 4.69) is 38.2 Å². The second kappa shape index (κ2) is 19.9. The molecule has 1 atom stereocenters.